The highest BCUT2D eigenvalue weighted by Gasteiger charge is 2.25. The monoisotopic (exact) mass is 327 g/mol. The van der Waals surface area contributed by atoms with Crippen LogP contribution in [0.15, 0.2) is 39.3 Å². The van der Waals surface area contributed by atoms with E-state index in [0.29, 0.717) is 6.61 Å². The summed E-state index contributed by atoms with van der Waals surface area (Å²) in [6.45, 7) is 7.07. The summed E-state index contributed by atoms with van der Waals surface area (Å²) in [6.07, 6.45) is 1.85. The van der Waals surface area contributed by atoms with E-state index in [0.717, 1.165) is 53.9 Å². The number of hydrogen-bond acceptors (Lipinski definition) is 5. The highest BCUT2D eigenvalue weighted by Crippen LogP contribution is 2.28. The largest absolute Gasteiger partial charge is 0.464 e. The van der Waals surface area contributed by atoms with Crippen LogP contribution in [0.1, 0.15) is 28.9 Å². The van der Waals surface area contributed by atoms with Gasteiger partial charge in [-0.2, -0.15) is 5.10 Å². The molecule has 1 aliphatic rings. The van der Waals surface area contributed by atoms with Crippen LogP contribution in [0.2, 0.25) is 0 Å². The molecule has 0 aromatic carbocycles. The number of ether oxygens (including phenoxy) is 1. The Balaban J connectivity index is 1.49. The number of furan rings is 2. The van der Waals surface area contributed by atoms with E-state index in [9.17, 15) is 0 Å². The summed E-state index contributed by atoms with van der Waals surface area (Å²) in [4.78, 5) is 2.36. The first-order chi connectivity index (χ1) is 11.7. The van der Waals surface area contributed by atoms with Crippen LogP contribution in [0.25, 0.3) is 11.5 Å². The lowest BCUT2D eigenvalue weighted by Crippen LogP contribution is -2.37. The van der Waals surface area contributed by atoms with Crippen molar-refractivity contribution in [2.24, 2.45) is 0 Å². The molecule has 4 heterocycles. The van der Waals surface area contributed by atoms with E-state index in [1.54, 1.807) is 0 Å². The molecule has 0 aliphatic carbocycles. The average molecular weight is 327 g/mol. The van der Waals surface area contributed by atoms with Gasteiger partial charge in [-0.05, 0) is 38.1 Å². The van der Waals surface area contributed by atoms with Crippen LogP contribution in [-0.2, 0) is 11.3 Å². The molecule has 0 radical (unpaired) electrons. The summed E-state index contributed by atoms with van der Waals surface area (Å²) in [5.41, 5.74) is 2.07. The van der Waals surface area contributed by atoms with Crippen molar-refractivity contribution in [3.63, 3.8) is 0 Å². The molecule has 6 nitrogen and oxygen atoms in total. The molecule has 0 spiro atoms. The molecule has 3 aromatic heterocycles. The fraction of sp³-hybridized carbons (Fsp3) is 0.389. The number of nitrogens with one attached hydrogen (secondary N) is 1. The Morgan fingerprint density at radius 2 is 2.00 bits per heavy atom. The number of morpholine rings is 1. The Bertz CT molecular complexity index is 817. The second-order valence-electron chi connectivity index (χ2n) is 6.22. The van der Waals surface area contributed by atoms with Crippen LogP contribution in [0.5, 0.6) is 0 Å². The highest BCUT2D eigenvalue weighted by atomic mass is 16.5. The Hall–Kier alpha value is -2.31. The van der Waals surface area contributed by atoms with Crippen LogP contribution in [0, 0.1) is 13.8 Å². The molecule has 0 amide bonds. The van der Waals surface area contributed by atoms with E-state index in [-0.39, 0.29) is 6.10 Å². The maximum Gasteiger partial charge on any atom is 0.152 e. The van der Waals surface area contributed by atoms with Crippen LogP contribution in [0.3, 0.4) is 0 Å². The summed E-state index contributed by atoms with van der Waals surface area (Å²) in [5.74, 6) is 3.53. The lowest BCUT2D eigenvalue weighted by molar-refractivity contribution is -0.0430. The Morgan fingerprint density at radius 1 is 1.17 bits per heavy atom. The molecular weight excluding hydrogens is 306 g/mol. The quantitative estimate of drug-likeness (QED) is 0.795. The van der Waals surface area contributed by atoms with Crippen molar-refractivity contribution >= 4 is 0 Å². The lowest BCUT2D eigenvalue weighted by atomic mass is 10.1. The first-order valence-corrected chi connectivity index (χ1v) is 8.18. The van der Waals surface area contributed by atoms with Gasteiger partial charge in [0.15, 0.2) is 5.76 Å². The summed E-state index contributed by atoms with van der Waals surface area (Å²) in [6, 6.07) is 7.91. The molecule has 1 aliphatic heterocycles. The van der Waals surface area contributed by atoms with Crippen LogP contribution in [-0.4, -0.2) is 34.8 Å². The SMILES string of the molecule is Cc1ccc(-c2[nH]ncc2CN2CCO[C@@H](c3ccc(C)o3)C2)o1. The smallest absolute Gasteiger partial charge is 0.152 e. The fourth-order valence-electron chi connectivity index (χ4n) is 3.10. The second-order valence-corrected chi connectivity index (χ2v) is 6.22. The van der Waals surface area contributed by atoms with E-state index in [1.165, 1.54) is 0 Å². The van der Waals surface area contributed by atoms with Gasteiger partial charge in [0.2, 0.25) is 0 Å². The molecule has 1 fully saturated rings. The van der Waals surface area contributed by atoms with Gasteiger partial charge in [-0.1, -0.05) is 0 Å². The Kier molecular flexibility index (Phi) is 4.00. The Morgan fingerprint density at radius 3 is 2.75 bits per heavy atom. The number of rotatable bonds is 4. The third kappa shape index (κ3) is 3.02. The van der Waals surface area contributed by atoms with Crippen molar-refractivity contribution < 1.29 is 13.6 Å². The molecular formula is C18H21N3O3. The number of hydrogen-bond donors (Lipinski definition) is 1. The minimum Gasteiger partial charge on any atom is -0.464 e. The second kappa shape index (κ2) is 6.30. The molecule has 0 unspecified atom stereocenters. The van der Waals surface area contributed by atoms with E-state index in [2.05, 4.69) is 15.1 Å². The number of nitrogens with zero attached hydrogens (tertiary/aromatic N) is 2. The van der Waals surface area contributed by atoms with E-state index < -0.39 is 0 Å². The lowest BCUT2D eigenvalue weighted by Gasteiger charge is -2.31. The molecule has 6 heteroatoms. The standard InChI is InChI=1S/C18H21N3O3/c1-12-3-5-15(23-12)17-11-21(7-8-22-17)10-14-9-19-20-18(14)16-6-4-13(2)24-16/h3-6,9,17H,7-8,10-11H2,1-2H3,(H,19,20)/t17-/m1/s1. The molecule has 3 aromatic rings. The van der Waals surface area contributed by atoms with Gasteiger partial charge < -0.3 is 13.6 Å². The predicted molar refractivity (Wildman–Crippen MR) is 88.4 cm³/mol. The van der Waals surface area contributed by atoms with Crippen LogP contribution >= 0.6 is 0 Å². The number of aromatic amines is 1. The van der Waals surface area contributed by atoms with Crippen molar-refractivity contribution in [3.05, 3.63) is 53.3 Å². The van der Waals surface area contributed by atoms with Crippen molar-refractivity contribution in [1.29, 1.82) is 0 Å². The molecule has 0 bridgehead atoms. The first-order valence-electron chi connectivity index (χ1n) is 8.18. The molecule has 0 saturated carbocycles. The number of aromatic nitrogens is 2. The van der Waals surface area contributed by atoms with Crippen LogP contribution < -0.4 is 0 Å². The molecule has 1 N–H and O–H groups in total. The summed E-state index contributed by atoms with van der Waals surface area (Å²) >= 11 is 0. The highest BCUT2D eigenvalue weighted by molar-refractivity contribution is 5.56. The number of aryl methyl sites for hydroxylation is 2. The minimum absolute atomic E-state index is 0.0198. The van der Waals surface area contributed by atoms with Crippen molar-refractivity contribution in [2.75, 3.05) is 19.7 Å². The molecule has 126 valence electrons. The normalized spacial score (nSPS) is 19.0. The Labute approximate surface area is 140 Å². The maximum atomic E-state index is 5.87. The molecule has 4 rings (SSSR count). The molecule has 1 saturated heterocycles. The van der Waals surface area contributed by atoms with Gasteiger partial charge >= 0.3 is 0 Å². The van der Waals surface area contributed by atoms with Gasteiger partial charge in [0.05, 0.1) is 12.8 Å². The summed E-state index contributed by atoms with van der Waals surface area (Å²) in [7, 11) is 0. The zero-order valence-electron chi connectivity index (χ0n) is 13.9. The summed E-state index contributed by atoms with van der Waals surface area (Å²) in [5, 5.41) is 7.24. The van der Waals surface area contributed by atoms with Crippen LogP contribution in [0.4, 0.5) is 0 Å². The summed E-state index contributed by atoms with van der Waals surface area (Å²) < 4.78 is 17.3. The predicted octanol–water partition coefficient (Wildman–Crippen LogP) is 3.45. The van der Waals surface area contributed by atoms with E-state index in [1.807, 2.05) is 44.3 Å². The third-order valence-corrected chi connectivity index (χ3v) is 4.33. The van der Waals surface area contributed by atoms with E-state index in [4.69, 9.17) is 13.6 Å². The van der Waals surface area contributed by atoms with Crippen molar-refractivity contribution in [1.82, 2.24) is 15.1 Å². The number of H-pyrrole nitrogens is 1. The van der Waals surface area contributed by atoms with Gasteiger partial charge in [0, 0.05) is 25.2 Å². The molecule has 24 heavy (non-hydrogen) atoms. The maximum absolute atomic E-state index is 5.87. The zero-order chi connectivity index (χ0) is 16.5. The topological polar surface area (TPSA) is 67.4 Å². The van der Waals surface area contributed by atoms with Gasteiger partial charge in [0.1, 0.15) is 29.1 Å². The fourth-order valence-corrected chi connectivity index (χ4v) is 3.10. The van der Waals surface area contributed by atoms with Crippen molar-refractivity contribution in [2.45, 2.75) is 26.5 Å². The first kappa shape index (κ1) is 15.2. The van der Waals surface area contributed by atoms with Gasteiger partial charge in [-0.15, -0.1) is 0 Å². The third-order valence-electron chi connectivity index (χ3n) is 4.33. The minimum atomic E-state index is -0.0198. The van der Waals surface area contributed by atoms with Gasteiger partial charge in [-0.3, -0.25) is 10.00 Å². The van der Waals surface area contributed by atoms with Crippen molar-refractivity contribution in [3.8, 4) is 11.5 Å². The molecule has 1 atom stereocenters. The zero-order valence-corrected chi connectivity index (χ0v) is 13.9. The van der Waals surface area contributed by atoms with Gasteiger partial charge in [0.25, 0.3) is 0 Å². The van der Waals surface area contributed by atoms with Gasteiger partial charge in [-0.25, -0.2) is 0 Å². The average Bonchev–Trinajstić information content (AvgIpc) is 3.29. The van der Waals surface area contributed by atoms with E-state index >= 15 is 0 Å².